The molecule has 0 aliphatic heterocycles. The van der Waals surface area contributed by atoms with Crippen LogP contribution in [0.4, 0.5) is 0 Å². The average molecular weight is 400 g/mol. The van der Waals surface area contributed by atoms with Crippen LogP contribution in [0.5, 0.6) is 0 Å². The number of aromatic nitrogens is 4. The van der Waals surface area contributed by atoms with Gasteiger partial charge in [0.15, 0.2) is 5.82 Å². The largest absolute Gasteiger partial charge is 0.507 e. The van der Waals surface area contributed by atoms with Crippen molar-refractivity contribution < 1.29 is 14.3 Å². The summed E-state index contributed by atoms with van der Waals surface area (Å²) in [7, 11) is 0. The molecule has 0 radical (unpaired) electrons. The zero-order valence-corrected chi connectivity index (χ0v) is 16.2. The first kappa shape index (κ1) is 19.3. The first-order valence-corrected chi connectivity index (χ1v) is 9.53. The lowest BCUT2D eigenvalue weighted by molar-refractivity contribution is 0.103. The Morgan fingerprint density at radius 1 is 1.07 bits per heavy atom. The highest BCUT2D eigenvalue weighted by Gasteiger charge is 2.19. The first-order chi connectivity index (χ1) is 14.7. The van der Waals surface area contributed by atoms with Gasteiger partial charge in [0.25, 0.3) is 0 Å². The number of hydrogen-bond donors (Lipinski definition) is 2. The summed E-state index contributed by atoms with van der Waals surface area (Å²) in [4.78, 5) is 20.2. The minimum atomic E-state index is -0.463. The van der Waals surface area contributed by atoms with E-state index in [0.29, 0.717) is 24.2 Å². The van der Waals surface area contributed by atoms with E-state index in [9.17, 15) is 9.90 Å². The molecule has 4 aromatic rings. The third kappa shape index (κ3) is 4.52. The second-order valence-electron chi connectivity index (χ2n) is 6.80. The Morgan fingerprint density at radius 3 is 2.60 bits per heavy atom. The molecule has 0 saturated carbocycles. The van der Waals surface area contributed by atoms with Gasteiger partial charge in [-0.15, -0.1) is 0 Å². The zero-order valence-electron chi connectivity index (χ0n) is 16.2. The fourth-order valence-electron chi connectivity index (χ4n) is 3.27. The van der Waals surface area contributed by atoms with Crippen LogP contribution in [0, 0.1) is 0 Å². The summed E-state index contributed by atoms with van der Waals surface area (Å²) in [5.74, 6) is 0.0703. The third-order valence-electron chi connectivity index (χ3n) is 4.74. The summed E-state index contributed by atoms with van der Waals surface area (Å²) >= 11 is 0. The molecule has 150 valence electrons. The number of aliphatic hydroxyl groups is 1. The molecule has 3 heterocycles. The maximum Gasteiger partial charge on any atom is 0.226 e. The van der Waals surface area contributed by atoms with Crippen LogP contribution in [-0.2, 0) is 19.3 Å². The Kier molecular flexibility index (Phi) is 5.80. The van der Waals surface area contributed by atoms with E-state index in [1.165, 1.54) is 6.33 Å². The van der Waals surface area contributed by atoms with Crippen molar-refractivity contribution in [3.05, 3.63) is 107 Å². The minimum Gasteiger partial charge on any atom is -0.507 e. The number of furan rings is 1. The Labute approximate surface area is 173 Å². The van der Waals surface area contributed by atoms with Crippen molar-refractivity contribution >= 4 is 11.5 Å². The predicted molar refractivity (Wildman–Crippen MR) is 111 cm³/mol. The number of hydrogen-bond acceptors (Lipinski definition) is 6. The SMILES string of the molecule is O=C(C=C(O)c1c(Cc2ccncc2)coc1CCc1ccccc1)c1ncn[nH]1. The molecule has 0 bridgehead atoms. The number of aryl methyl sites for hydroxylation is 2. The van der Waals surface area contributed by atoms with E-state index in [-0.39, 0.29) is 11.6 Å². The smallest absolute Gasteiger partial charge is 0.226 e. The molecule has 0 aliphatic carbocycles. The van der Waals surface area contributed by atoms with Gasteiger partial charge in [-0.1, -0.05) is 30.3 Å². The van der Waals surface area contributed by atoms with Crippen molar-refractivity contribution in [2.45, 2.75) is 19.3 Å². The molecule has 2 N–H and O–H groups in total. The highest BCUT2D eigenvalue weighted by Crippen LogP contribution is 2.28. The van der Waals surface area contributed by atoms with Crippen molar-refractivity contribution in [2.75, 3.05) is 0 Å². The van der Waals surface area contributed by atoms with Gasteiger partial charge in [0.2, 0.25) is 5.78 Å². The number of carbonyl (C=O) groups excluding carboxylic acids is 1. The van der Waals surface area contributed by atoms with Gasteiger partial charge >= 0.3 is 0 Å². The van der Waals surface area contributed by atoms with E-state index in [1.807, 2.05) is 42.5 Å². The Morgan fingerprint density at radius 2 is 1.87 bits per heavy atom. The van der Waals surface area contributed by atoms with Crippen LogP contribution < -0.4 is 0 Å². The van der Waals surface area contributed by atoms with Crippen LogP contribution in [0.15, 0.2) is 77.9 Å². The molecule has 1 aromatic carbocycles. The molecular formula is C23H20N4O3. The fourth-order valence-corrected chi connectivity index (χ4v) is 3.27. The van der Waals surface area contributed by atoms with Gasteiger partial charge in [0.1, 0.15) is 17.8 Å². The van der Waals surface area contributed by atoms with Gasteiger partial charge in [-0.3, -0.25) is 14.9 Å². The van der Waals surface area contributed by atoms with E-state index in [2.05, 4.69) is 20.2 Å². The molecule has 30 heavy (non-hydrogen) atoms. The number of H-pyrrole nitrogens is 1. The van der Waals surface area contributed by atoms with Crippen molar-refractivity contribution in [1.29, 1.82) is 0 Å². The molecule has 0 aliphatic rings. The van der Waals surface area contributed by atoms with Gasteiger partial charge < -0.3 is 9.52 Å². The summed E-state index contributed by atoms with van der Waals surface area (Å²) in [6.07, 6.45) is 9.34. The van der Waals surface area contributed by atoms with Gasteiger partial charge in [-0.25, -0.2) is 4.98 Å². The average Bonchev–Trinajstić information content (AvgIpc) is 3.44. The van der Waals surface area contributed by atoms with E-state index < -0.39 is 5.78 Å². The monoisotopic (exact) mass is 400 g/mol. The second-order valence-corrected chi connectivity index (χ2v) is 6.80. The minimum absolute atomic E-state index is 0.0616. The first-order valence-electron chi connectivity index (χ1n) is 9.53. The lowest BCUT2D eigenvalue weighted by Gasteiger charge is -2.06. The van der Waals surface area contributed by atoms with E-state index in [0.717, 1.165) is 29.2 Å². The molecule has 0 spiro atoms. The van der Waals surface area contributed by atoms with Crippen LogP contribution in [0.3, 0.4) is 0 Å². The molecule has 4 rings (SSSR count). The molecule has 0 atom stereocenters. The molecule has 0 saturated heterocycles. The summed E-state index contributed by atoms with van der Waals surface area (Å²) in [5, 5.41) is 17.0. The summed E-state index contributed by atoms with van der Waals surface area (Å²) < 4.78 is 5.82. The van der Waals surface area contributed by atoms with Crippen LogP contribution >= 0.6 is 0 Å². The van der Waals surface area contributed by atoms with Crippen LogP contribution in [-0.4, -0.2) is 31.1 Å². The van der Waals surface area contributed by atoms with Gasteiger partial charge in [-0.05, 0) is 29.7 Å². The second kappa shape index (κ2) is 9.00. The summed E-state index contributed by atoms with van der Waals surface area (Å²) in [5.41, 5.74) is 3.52. The Hall–Kier alpha value is -4.00. The van der Waals surface area contributed by atoms with E-state index in [1.54, 1.807) is 18.7 Å². The Balaban J connectivity index is 1.65. The van der Waals surface area contributed by atoms with Gasteiger partial charge in [0.05, 0.1) is 11.8 Å². The van der Waals surface area contributed by atoms with Gasteiger partial charge in [-0.2, -0.15) is 5.10 Å². The highest BCUT2D eigenvalue weighted by molar-refractivity contribution is 6.05. The highest BCUT2D eigenvalue weighted by atomic mass is 16.3. The number of benzene rings is 1. The van der Waals surface area contributed by atoms with Crippen molar-refractivity contribution in [2.24, 2.45) is 0 Å². The number of allylic oxidation sites excluding steroid dienone is 1. The van der Waals surface area contributed by atoms with Crippen molar-refractivity contribution in [3.8, 4) is 0 Å². The molecule has 0 fully saturated rings. The van der Waals surface area contributed by atoms with Crippen molar-refractivity contribution in [1.82, 2.24) is 20.2 Å². The van der Waals surface area contributed by atoms with Crippen LogP contribution in [0.1, 0.15) is 38.6 Å². The van der Waals surface area contributed by atoms with Crippen LogP contribution in [0.25, 0.3) is 5.76 Å². The maximum absolute atomic E-state index is 12.4. The number of ketones is 1. The number of aliphatic hydroxyl groups excluding tert-OH is 1. The molecule has 0 amide bonds. The number of nitrogens with zero attached hydrogens (tertiary/aromatic N) is 3. The quantitative estimate of drug-likeness (QED) is 0.264. The van der Waals surface area contributed by atoms with Crippen molar-refractivity contribution in [3.63, 3.8) is 0 Å². The predicted octanol–water partition coefficient (Wildman–Crippen LogP) is 3.95. The summed E-state index contributed by atoms with van der Waals surface area (Å²) in [6, 6.07) is 13.8. The topological polar surface area (TPSA) is 105 Å². The summed E-state index contributed by atoms with van der Waals surface area (Å²) in [6.45, 7) is 0. The van der Waals surface area contributed by atoms with E-state index in [4.69, 9.17) is 4.42 Å². The van der Waals surface area contributed by atoms with Crippen LogP contribution in [0.2, 0.25) is 0 Å². The van der Waals surface area contributed by atoms with Gasteiger partial charge in [0, 0.05) is 36.9 Å². The molecule has 0 unspecified atom stereocenters. The molecule has 3 aromatic heterocycles. The lowest BCUT2D eigenvalue weighted by atomic mass is 9.98. The number of nitrogens with one attached hydrogen (secondary N) is 1. The van der Waals surface area contributed by atoms with E-state index >= 15 is 0 Å². The number of aromatic amines is 1. The molecule has 7 nitrogen and oxygen atoms in total. The Bertz CT molecular complexity index is 1130. The number of carbonyl (C=O) groups is 1. The number of rotatable bonds is 8. The maximum atomic E-state index is 12.4. The third-order valence-corrected chi connectivity index (χ3v) is 4.74. The zero-order chi connectivity index (χ0) is 20.8. The standard InChI is InChI=1S/C23H20N4O3/c28-19(13-20(29)23-25-15-26-27-23)22-18(12-17-8-10-24-11-9-17)14-30-21(22)7-6-16-4-2-1-3-5-16/h1-5,8-11,13-15,28H,6-7,12H2,(H,25,26,27). The lowest BCUT2D eigenvalue weighted by Crippen LogP contribution is -2.02. The normalized spacial score (nSPS) is 11.5. The molecular weight excluding hydrogens is 380 g/mol. The number of pyridine rings is 1. The fraction of sp³-hybridized carbons (Fsp3) is 0.130. The molecule has 7 heteroatoms.